The minimum absolute atomic E-state index is 0.00530. The number of anilines is 1. The second-order valence-electron chi connectivity index (χ2n) is 8.12. The molecule has 7 heteroatoms. The van der Waals surface area contributed by atoms with E-state index in [1.165, 1.54) is 24.3 Å². The van der Waals surface area contributed by atoms with Crippen LogP contribution in [0, 0.1) is 11.6 Å². The van der Waals surface area contributed by atoms with Crippen molar-refractivity contribution in [3.05, 3.63) is 94.5 Å². The first-order valence-corrected chi connectivity index (χ1v) is 11.4. The Morgan fingerprint density at radius 1 is 0.939 bits per heavy atom. The molecule has 1 N–H and O–H groups in total. The van der Waals surface area contributed by atoms with Crippen LogP contribution in [0.5, 0.6) is 5.75 Å². The molecule has 3 aromatic rings. The molecule has 0 radical (unpaired) electrons. The van der Waals surface area contributed by atoms with Gasteiger partial charge < -0.3 is 14.7 Å². The number of aliphatic hydroxyl groups excluding tert-OH is 1. The van der Waals surface area contributed by atoms with Gasteiger partial charge >= 0.3 is 0 Å². The molecule has 1 heterocycles. The molecule has 1 saturated heterocycles. The second-order valence-corrected chi connectivity index (χ2v) is 8.53. The Balaban J connectivity index is 1.53. The molecule has 4 nitrogen and oxygen atoms in total. The maximum atomic E-state index is 13.6. The number of halogens is 3. The fourth-order valence-electron chi connectivity index (χ4n) is 4.21. The van der Waals surface area contributed by atoms with Gasteiger partial charge in [-0.25, -0.2) is 8.78 Å². The molecule has 0 aromatic heterocycles. The van der Waals surface area contributed by atoms with Gasteiger partial charge in [-0.1, -0.05) is 35.9 Å². The monoisotopic (exact) mass is 472 g/mol. The predicted octanol–water partition coefficient (Wildman–Crippen LogP) is 5.10. The number of rotatable bonds is 8. The average Bonchev–Trinajstić information content (AvgIpc) is 2.83. The molecule has 33 heavy (non-hydrogen) atoms. The average molecular weight is 473 g/mol. The molecule has 0 bridgehead atoms. The quantitative estimate of drug-likeness (QED) is 0.495. The maximum absolute atomic E-state index is 13.6. The van der Waals surface area contributed by atoms with E-state index in [-0.39, 0.29) is 30.9 Å². The van der Waals surface area contributed by atoms with Gasteiger partial charge in [-0.2, -0.15) is 0 Å². The van der Waals surface area contributed by atoms with Crippen molar-refractivity contribution < 1.29 is 18.6 Å². The molecule has 0 aliphatic carbocycles. The number of piperazine rings is 1. The normalized spacial score (nSPS) is 16.7. The number of hydrogen-bond acceptors (Lipinski definition) is 4. The summed E-state index contributed by atoms with van der Waals surface area (Å²) in [4.78, 5) is 4.63. The molecule has 1 aliphatic heterocycles. The van der Waals surface area contributed by atoms with Crippen molar-refractivity contribution in [3.63, 3.8) is 0 Å². The van der Waals surface area contributed by atoms with E-state index >= 15 is 0 Å². The third-order valence-corrected chi connectivity index (χ3v) is 6.24. The molecule has 4 rings (SSSR count). The van der Waals surface area contributed by atoms with Crippen LogP contribution in [0.2, 0.25) is 5.02 Å². The minimum Gasteiger partial charge on any atom is -0.491 e. The summed E-state index contributed by atoms with van der Waals surface area (Å²) >= 11 is 6.62. The first kappa shape index (κ1) is 23.5. The number of nitrogens with zero attached hydrogens (tertiary/aromatic N) is 2. The van der Waals surface area contributed by atoms with Crippen molar-refractivity contribution in [2.24, 2.45) is 0 Å². The third kappa shape index (κ3) is 6.02. The van der Waals surface area contributed by atoms with Gasteiger partial charge in [0.2, 0.25) is 0 Å². The number of benzene rings is 3. The van der Waals surface area contributed by atoms with E-state index in [9.17, 15) is 8.78 Å². The summed E-state index contributed by atoms with van der Waals surface area (Å²) in [7, 11) is 0. The molecule has 1 atom stereocenters. The van der Waals surface area contributed by atoms with E-state index in [1.807, 2.05) is 36.4 Å². The fraction of sp³-hybridized carbons (Fsp3) is 0.308. The SMILES string of the molecule is OCCOc1ccc(N2CCN(CCc3ccc(F)cc3)C[C@H]2c2ccc(F)cc2)c(Cl)c1. The molecule has 3 aromatic carbocycles. The van der Waals surface area contributed by atoms with Crippen LogP contribution >= 0.6 is 11.6 Å². The van der Waals surface area contributed by atoms with Crippen molar-refractivity contribution in [3.8, 4) is 5.75 Å². The lowest BCUT2D eigenvalue weighted by Crippen LogP contribution is -2.49. The zero-order valence-corrected chi connectivity index (χ0v) is 19.0. The Bertz CT molecular complexity index is 1050. The molecule has 0 amide bonds. The Labute approximate surface area is 198 Å². The van der Waals surface area contributed by atoms with Crippen LogP contribution in [0.1, 0.15) is 17.2 Å². The molecule has 0 saturated carbocycles. The summed E-state index contributed by atoms with van der Waals surface area (Å²) in [5.41, 5.74) is 3.00. The summed E-state index contributed by atoms with van der Waals surface area (Å²) in [5, 5.41) is 9.54. The first-order valence-electron chi connectivity index (χ1n) is 11.1. The molecular weight excluding hydrogens is 446 g/mol. The van der Waals surface area contributed by atoms with Gasteiger partial charge in [0, 0.05) is 32.2 Å². The van der Waals surface area contributed by atoms with Gasteiger partial charge in [0.1, 0.15) is 24.0 Å². The van der Waals surface area contributed by atoms with Gasteiger partial charge in [-0.3, -0.25) is 4.90 Å². The van der Waals surface area contributed by atoms with Crippen LogP contribution in [-0.4, -0.2) is 49.4 Å². The van der Waals surface area contributed by atoms with Crippen LogP contribution in [0.25, 0.3) is 0 Å². The van der Waals surface area contributed by atoms with E-state index in [1.54, 1.807) is 6.07 Å². The maximum Gasteiger partial charge on any atom is 0.123 e. The number of hydrogen-bond donors (Lipinski definition) is 1. The van der Waals surface area contributed by atoms with Crippen LogP contribution < -0.4 is 9.64 Å². The lowest BCUT2D eigenvalue weighted by molar-refractivity contribution is 0.201. The van der Waals surface area contributed by atoms with Crippen LogP contribution in [0.3, 0.4) is 0 Å². The molecular formula is C26H27ClF2N2O2. The van der Waals surface area contributed by atoms with Gasteiger partial charge in [0.05, 0.1) is 23.4 Å². The molecule has 0 spiro atoms. The van der Waals surface area contributed by atoms with Crippen LogP contribution in [0.15, 0.2) is 66.7 Å². The fourth-order valence-corrected chi connectivity index (χ4v) is 4.49. The van der Waals surface area contributed by atoms with E-state index in [2.05, 4.69) is 9.80 Å². The van der Waals surface area contributed by atoms with Crippen LogP contribution in [-0.2, 0) is 6.42 Å². The second kappa shape index (κ2) is 11.0. The number of aliphatic hydroxyl groups is 1. The minimum atomic E-state index is -0.266. The lowest BCUT2D eigenvalue weighted by atomic mass is 10.0. The predicted molar refractivity (Wildman–Crippen MR) is 127 cm³/mol. The zero-order valence-electron chi connectivity index (χ0n) is 18.3. The Morgan fingerprint density at radius 2 is 1.64 bits per heavy atom. The lowest BCUT2D eigenvalue weighted by Gasteiger charge is -2.43. The van der Waals surface area contributed by atoms with E-state index in [0.29, 0.717) is 10.8 Å². The summed E-state index contributed by atoms with van der Waals surface area (Å²) in [6.45, 7) is 3.34. The van der Waals surface area contributed by atoms with Gasteiger partial charge in [-0.15, -0.1) is 0 Å². The number of ether oxygens (including phenoxy) is 1. The van der Waals surface area contributed by atoms with Crippen molar-refractivity contribution in [1.29, 1.82) is 0 Å². The molecule has 1 aliphatic rings. The van der Waals surface area contributed by atoms with E-state index in [4.69, 9.17) is 21.4 Å². The van der Waals surface area contributed by atoms with Crippen LogP contribution in [0.4, 0.5) is 14.5 Å². The largest absolute Gasteiger partial charge is 0.491 e. The highest BCUT2D eigenvalue weighted by molar-refractivity contribution is 6.33. The van der Waals surface area contributed by atoms with Gasteiger partial charge in [0.25, 0.3) is 0 Å². The molecule has 1 fully saturated rings. The topological polar surface area (TPSA) is 35.9 Å². The van der Waals surface area contributed by atoms with Crippen molar-refractivity contribution in [1.82, 2.24) is 4.90 Å². The summed E-state index contributed by atoms with van der Waals surface area (Å²) in [6.07, 6.45) is 0.827. The van der Waals surface area contributed by atoms with Crippen molar-refractivity contribution in [2.75, 3.05) is 44.3 Å². The van der Waals surface area contributed by atoms with E-state index < -0.39 is 0 Å². The third-order valence-electron chi connectivity index (χ3n) is 5.94. The Morgan fingerprint density at radius 3 is 2.30 bits per heavy atom. The Kier molecular flexibility index (Phi) is 7.81. The highest BCUT2D eigenvalue weighted by Gasteiger charge is 2.29. The van der Waals surface area contributed by atoms with Gasteiger partial charge in [0.15, 0.2) is 0 Å². The summed E-state index contributed by atoms with van der Waals surface area (Å²) < 4.78 is 32.3. The highest BCUT2D eigenvalue weighted by Crippen LogP contribution is 2.37. The zero-order chi connectivity index (χ0) is 23.2. The summed E-state index contributed by atoms with van der Waals surface area (Å²) in [5.74, 6) is 0.111. The highest BCUT2D eigenvalue weighted by atomic mass is 35.5. The van der Waals surface area contributed by atoms with Crippen molar-refractivity contribution >= 4 is 17.3 Å². The standard InChI is InChI=1S/C26H27ClF2N2O2/c27-24-17-23(33-16-15-32)9-10-25(24)31-14-13-30(12-11-19-1-5-21(28)6-2-19)18-26(31)20-3-7-22(29)8-4-20/h1-10,17,26,32H,11-16,18H2/t26-/m0/s1. The first-order chi connectivity index (χ1) is 16.0. The van der Waals surface area contributed by atoms with E-state index in [0.717, 1.165) is 49.4 Å². The Hall–Kier alpha value is -2.67. The van der Waals surface area contributed by atoms with Crippen molar-refractivity contribution in [2.45, 2.75) is 12.5 Å². The molecule has 0 unspecified atom stereocenters. The summed E-state index contributed by atoms with van der Waals surface area (Å²) in [6, 6.07) is 18.8. The molecule has 174 valence electrons. The smallest absolute Gasteiger partial charge is 0.123 e. The van der Waals surface area contributed by atoms with Gasteiger partial charge in [-0.05, 0) is 53.9 Å².